The summed E-state index contributed by atoms with van der Waals surface area (Å²) in [6.45, 7) is 7.66. The molecule has 0 aromatic heterocycles. The van der Waals surface area contributed by atoms with Gasteiger partial charge in [0.2, 0.25) is 0 Å². The van der Waals surface area contributed by atoms with Crippen LogP contribution in [0.2, 0.25) is 5.79 Å². The highest BCUT2D eigenvalue weighted by molar-refractivity contribution is 6.42. The molecule has 0 bridgehead atoms. The first-order chi connectivity index (χ1) is 7.99. The summed E-state index contributed by atoms with van der Waals surface area (Å²) in [6, 6.07) is 0. The minimum Gasteiger partial charge on any atom is -0.476 e. The van der Waals surface area contributed by atoms with E-state index < -0.39 is 20.8 Å². The smallest absolute Gasteiger partial charge is 0.476 e. The molecule has 0 aromatic carbocycles. The second kappa shape index (κ2) is 7.14. The molecule has 2 atom stereocenters. The van der Waals surface area contributed by atoms with Crippen LogP contribution in [0.1, 0.15) is 20.3 Å². The molecule has 1 saturated heterocycles. The largest absolute Gasteiger partial charge is 0.673 e. The summed E-state index contributed by atoms with van der Waals surface area (Å²) in [4.78, 5) is 11.1. The van der Waals surface area contributed by atoms with E-state index in [0.29, 0.717) is 18.6 Å². The van der Waals surface area contributed by atoms with Crippen molar-refractivity contribution in [3.8, 4) is 0 Å². The SMILES string of the molecule is C=C(C)C(=O)OCCOC1CC(C)[O][Al]([CH3])[O]1. The second-order valence-electron chi connectivity index (χ2n) is 4.10. The van der Waals surface area contributed by atoms with Crippen LogP contribution in [0.15, 0.2) is 12.2 Å². The highest BCUT2D eigenvalue weighted by Gasteiger charge is 2.31. The Bertz CT molecular complexity index is 271. The van der Waals surface area contributed by atoms with E-state index >= 15 is 0 Å². The van der Waals surface area contributed by atoms with Crippen LogP contribution in [0, 0.1) is 0 Å². The monoisotopic (exact) mass is 258 g/mol. The lowest BCUT2D eigenvalue weighted by Crippen LogP contribution is -2.40. The molecule has 17 heavy (non-hydrogen) atoms. The van der Waals surface area contributed by atoms with Gasteiger partial charge in [0.1, 0.15) is 12.9 Å². The van der Waals surface area contributed by atoms with Gasteiger partial charge in [-0.15, -0.1) is 0 Å². The van der Waals surface area contributed by atoms with Crippen molar-refractivity contribution in [3.63, 3.8) is 0 Å². The van der Waals surface area contributed by atoms with Crippen LogP contribution in [0.4, 0.5) is 0 Å². The molecule has 0 saturated carbocycles. The summed E-state index contributed by atoms with van der Waals surface area (Å²) in [5, 5.41) is 0. The maximum Gasteiger partial charge on any atom is 0.673 e. The summed E-state index contributed by atoms with van der Waals surface area (Å²) >= 11 is -1.54. The number of esters is 1. The van der Waals surface area contributed by atoms with Crippen molar-refractivity contribution in [1.29, 1.82) is 0 Å². The third kappa shape index (κ3) is 5.66. The Labute approximate surface area is 107 Å². The molecule has 0 aliphatic carbocycles. The van der Waals surface area contributed by atoms with Crippen LogP contribution in [-0.2, 0) is 21.8 Å². The Morgan fingerprint density at radius 3 is 2.76 bits per heavy atom. The van der Waals surface area contributed by atoms with Gasteiger partial charge in [-0.05, 0) is 13.8 Å². The number of carbonyl (C=O) groups is 1. The Morgan fingerprint density at radius 1 is 1.47 bits per heavy atom. The van der Waals surface area contributed by atoms with Gasteiger partial charge in [-0.1, -0.05) is 12.4 Å². The van der Waals surface area contributed by atoms with Crippen molar-refractivity contribution in [2.45, 2.75) is 38.4 Å². The molecule has 1 aliphatic rings. The Kier molecular flexibility index (Phi) is 6.17. The van der Waals surface area contributed by atoms with Gasteiger partial charge in [0.15, 0.2) is 0 Å². The zero-order valence-corrected chi connectivity index (χ0v) is 11.8. The van der Waals surface area contributed by atoms with Crippen LogP contribution >= 0.6 is 0 Å². The van der Waals surface area contributed by atoms with Crippen LogP contribution < -0.4 is 0 Å². The fourth-order valence-corrected chi connectivity index (χ4v) is 2.95. The lowest BCUT2D eigenvalue weighted by atomic mass is 10.3. The maximum absolute atomic E-state index is 11.1. The number of ether oxygens (including phenoxy) is 2. The van der Waals surface area contributed by atoms with Gasteiger partial charge in [0.05, 0.1) is 6.61 Å². The molecule has 0 radical (unpaired) electrons. The van der Waals surface area contributed by atoms with Crippen LogP contribution in [-0.4, -0.2) is 46.4 Å². The Balaban J connectivity index is 2.14. The van der Waals surface area contributed by atoms with Crippen molar-refractivity contribution in [2.24, 2.45) is 0 Å². The molecule has 5 nitrogen and oxygen atoms in total. The fraction of sp³-hybridized carbons (Fsp3) is 0.727. The van der Waals surface area contributed by atoms with Gasteiger partial charge in [0, 0.05) is 18.1 Å². The van der Waals surface area contributed by atoms with Gasteiger partial charge >= 0.3 is 20.8 Å². The zero-order valence-electron chi connectivity index (χ0n) is 10.6. The third-order valence-corrected chi connectivity index (χ3v) is 3.80. The molecule has 1 fully saturated rings. The van der Waals surface area contributed by atoms with Gasteiger partial charge in [-0.2, -0.15) is 0 Å². The van der Waals surface area contributed by atoms with E-state index in [1.165, 1.54) is 0 Å². The van der Waals surface area contributed by atoms with Gasteiger partial charge in [0.25, 0.3) is 0 Å². The lowest BCUT2D eigenvalue weighted by Gasteiger charge is -2.31. The summed E-state index contributed by atoms with van der Waals surface area (Å²) in [7, 11) is 0. The number of hydrogen-bond donors (Lipinski definition) is 0. The average molecular weight is 258 g/mol. The molecule has 96 valence electrons. The van der Waals surface area contributed by atoms with E-state index in [0.717, 1.165) is 0 Å². The topological polar surface area (TPSA) is 54.0 Å². The van der Waals surface area contributed by atoms with Crippen LogP contribution in [0.3, 0.4) is 0 Å². The minimum atomic E-state index is -1.54. The van der Waals surface area contributed by atoms with Crippen LogP contribution in [0.5, 0.6) is 0 Å². The standard InChI is InChI=1S/C10H16O5.CH3.Al/c1-7(2)10(13)15-5-4-14-9(12)6-8(3)11;;/h8-9H,1,4-6H2,2-3H3;1H3;/q-2;;+2. The van der Waals surface area contributed by atoms with E-state index in [2.05, 4.69) is 6.58 Å². The molecule has 1 heterocycles. The highest BCUT2D eigenvalue weighted by atomic mass is 27.2. The van der Waals surface area contributed by atoms with Gasteiger partial charge in [-0.25, -0.2) is 4.79 Å². The quantitative estimate of drug-likeness (QED) is 0.323. The van der Waals surface area contributed by atoms with Crippen LogP contribution in [0.25, 0.3) is 0 Å². The van der Waals surface area contributed by atoms with Crippen molar-refractivity contribution in [1.82, 2.24) is 0 Å². The fourth-order valence-electron chi connectivity index (χ4n) is 1.50. The van der Waals surface area contributed by atoms with Gasteiger partial charge < -0.3 is 17.1 Å². The van der Waals surface area contributed by atoms with Crippen molar-refractivity contribution in [2.75, 3.05) is 13.2 Å². The molecule has 0 spiro atoms. The Hall–Kier alpha value is -0.378. The highest BCUT2D eigenvalue weighted by Crippen LogP contribution is 2.16. The van der Waals surface area contributed by atoms with E-state index in [9.17, 15) is 4.79 Å². The molecule has 2 unspecified atom stereocenters. The van der Waals surface area contributed by atoms with Crippen molar-refractivity contribution >= 4 is 20.8 Å². The van der Waals surface area contributed by atoms with Crippen molar-refractivity contribution < 1.29 is 21.8 Å². The summed E-state index contributed by atoms with van der Waals surface area (Å²) in [6.07, 6.45) is 0.656. The predicted octanol–water partition coefficient (Wildman–Crippen LogP) is 1.39. The first kappa shape index (κ1) is 14.7. The first-order valence-electron chi connectivity index (χ1n) is 5.74. The lowest BCUT2D eigenvalue weighted by molar-refractivity contribution is -0.155. The predicted molar refractivity (Wildman–Crippen MR) is 63.4 cm³/mol. The van der Waals surface area contributed by atoms with Gasteiger partial charge in [-0.3, -0.25) is 0 Å². The number of rotatable bonds is 5. The molecule has 0 aromatic rings. The summed E-state index contributed by atoms with van der Waals surface area (Å²) < 4.78 is 21.5. The maximum atomic E-state index is 11.1. The average Bonchev–Trinajstić information content (AvgIpc) is 2.22. The second-order valence-corrected chi connectivity index (χ2v) is 5.78. The molecule has 1 rings (SSSR count). The van der Waals surface area contributed by atoms with E-state index in [4.69, 9.17) is 17.1 Å². The number of hydrogen-bond acceptors (Lipinski definition) is 5. The van der Waals surface area contributed by atoms with Crippen molar-refractivity contribution in [3.05, 3.63) is 12.2 Å². The molecular formula is C11H19AlO5. The summed E-state index contributed by atoms with van der Waals surface area (Å²) in [5.74, 6) is 1.57. The number of carbonyl (C=O) groups excluding carboxylic acids is 1. The Morgan fingerprint density at radius 2 is 2.18 bits per heavy atom. The van der Waals surface area contributed by atoms with E-state index in [1.807, 2.05) is 12.7 Å². The molecule has 0 amide bonds. The van der Waals surface area contributed by atoms with E-state index in [-0.39, 0.29) is 19.0 Å². The van der Waals surface area contributed by atoms with E-state index in [1.54, 1.807) is 6.92 Å². The zero-order chi connectivity index (χ0) is 12.8. The summed E-state index contributed by atoms with van der Waals surface area (Å²) in [5.41, 5.74) is 0.391. The molecule has 1 aliphatic heterocycles. The minimum absolute atomic E-state index is 0.174. The third-order valence-electron chi connectivity index (χ3n) is 2.26. The molecule has 6 heteroatoms. The molecule has 0 N–H and O–H groups in total. The first-order valence-corrected chi connectivity index (χ1v) is 7.84. The molecular weight excluding hydrogens is 239 g/mol. The normalized spacial score (nSPS) is 24.5.